The van der Waals surface area contributed by atoms with Gasteiger partial charge >= 0.3 is 0 Å². The summed E-state index contributed by atoms with van der Waals surface area (Å²) in [6, 6.07) is 4.81. The first-order chi connectivity index (χ1) is 11.6. The molecule has 1 unspecified atom stereocenters. The molecule has 1 aliphatic rings. The van der Waals surface area contributed by atoms with E-state index in [0.29, 0.717) is 28.1 Å². The van der Waals surface area contributed by atoms with Crippen LogP contribution in [0.3, 0.4) is 0 Å². The van der Waals surface area contributed by atoms with Crippen LogP contribution in [0, 0.1) is 0 Å². The highest BCUT2D eigenvalue weighted by Crippen LogP contribution is 2.22. The number of amides is 1. The molecule has 0 aliphatic carbocycles. The summed E-state index contributed by atoms with van der Waals surface area (Å²) in [5.74, 6) is 0.222. The minimum atomic E-state index is -0.383. The van der Waals surface area contributed by atoms with E-state index in [2.05, 4.69) is 20.6 Å². The van der Waals surface area contributed by atoms with Gasteiger partial charge in [0.25, 0.3) is 5.91 Å². The maximum absolute atomic E-state index is 12.2. The SMILES string of the molecule is O=C(Nc1cc(Cl)cc(Cl)c1)c1cnc(NCC2CCCO2)cn1. The van der Waals surface area contributed by atoms with Gasteiger partial charge in [-0.05, 0) is 31.0 Å². The number of nitrogens with one attached hydrogen (secondary N) is 2. The van der Waals surface area contributed by atoms with E-state index in [1.807, 2.05) is 0 Å². The molecule has 3 rings (SSSR count). The Morgan fingerprint density at radius 3 is 2.62 bits per heavy atom. The molecule has 1 aliphatic heterocycles. The quantitative estimate of drug-likeness (QED) is 0.844. The van der Waals surface area contributed by atoms with Gasteiger partial charge < -0.3 is 15.4 Å². The number of benzene rings is 1. The van der Waals surface area contributed by atoms with E-state index < -0.39 is 0 Å². The molecule has 1 atom stereocenters. The Morgan fingerprint density at radius 1 is 1.21 bits per heavy atom. The largest absolute Gasteiger partial charge is 0.376 e. The van der Waals surface area contributed by atoms with Crippen molar-refractivity contribution in [1.82, 2.24) is 9.97 Å². The fraction of sp³-hybridized carbons (Fsp3) is 0.312. The highest BCUT2D eigenvalue weighted by molar-refractivity contribution is 6.35. The molecule has 0 saturated carbocycles. The minimum Gasteiger partial charge on any atom is -0.376 e. The van der Waals surface area contributed by atoms with Gasteiger partial charge in [-0.1, -0.05) is 23.2 Å². The Morgan fingerprint density at radius 2 is 2.00 bits per heavy atom. The average molecular weight is 367 g/mol. The number of hydrogen-bond acceptors (Lipinski definition) is 5. The molecule has 2 aromatic rings. The van der Waals surface area contributed by atoms with Gasteiger partial charge in [0, 0.05) is 28.9 Å². The molecule has 6 nitrogen and oxygen atoms in total. The highest BCUT2D eigenvalue weighted by Gasteiger charge is 2.15. The third kappa shape index (κ3) is 4.56. The van der Waals surface area contributed by atoms with Crippen molar-refractivity contribution in [2.45, 2.75) is 18.9 Å². The highest BCUT2D eigenvalue weighted by atomic mass is 35.5. The summed E-state index contributed by atoms with van der Waals surface area (Å²) in [6.07, 6.45) is 5.28. The number of nitrogens with zero attached hydrogens (tertiary/aromatic N) is 2. The molecule has 1 amide bonds. The lowest BCUT2D eigenvalue weighted by Crippen LogP contribution is -2.19. The van der Waals surface area contributed by atoms with Crippen LogP contribution < -0.4 is 10.6 Å². The average Bonchev–Trinajstić information content (AvgIpc) is 3.06. The Labute approximate surface area is 149 Å². The number of halogens is 2. The molecule has 0 bridgehead atoms. The zero-order valence-electron chi connectivity index (χ0n) is 12.8. The van der Waals surface area contributed by atoms with Gasteiger partial charge in [-0.3, -0.25) is 4.79 Å². The van der Waals surface area contributed by atoms with Gasteiger partial charge in [-0.25, -0.2) is 9.97 Å². The van der Waals surface area contributed by atoms with Crippen LogP contribution in [0.15, 0.2) is 30.6 Å². The summed E-state index contributed by atoms with van der Waals surface area (Å²) < 4.78 is 5.53. The maximum atomic E-state index is 12.2. The number of hydrogen-bond donors (Lipinski definition) is 2. The maximum Gasteiger partial charge on any atom is 0.275 e. The number of ether oxygens (including phenoxy) is 1. The Kier molecular flexibility index (Phi) is 5.50. The first-order valence-corrected chi connectivity index (χ1v) is 8.31. The molecule has 126 valence electrons. The molecule has 2 heterocycles. The van der Waals surface area contributed by atoms with E-state index in [0.717, 1.165) is 19.4 Å². The first kappa shape index (κ1) is 17.0. The fourth-order valence-electron chi connectivity index (χ4n) is 2.38. The standard InChI is InChI=1S/C16H16Cl2N4O2/c17-10-4-11(18)6-12(5-10)22-16(23)14-8-21-15(9-19-14)20-7-13-2-1-3-24-13/h4-6,8-9,13H,1-3,7H2,(H,20,21)(H,22,23). The lowest BCUT2D eigenvalue weighted by atomic mass is 10.2. The van der Waals surface area contributed by atoms with E-state index in [9.17, 15) is 4.79 Å². The number of carbonyl (C=O) groups excluding carboxylic acids is 1. The third-order valence-corrected chi connectivity index (χ3v) is 3.98. The van der Waals surface area contributed by atoms with Crippen molar-refractivity contribution in [1.29, 1.82) is 0 Å². The van der Waals surface area contributed by atoms with Crippen LogP contribution in [0.2, 0.25) is 10.0 Å². The van der Waals surface area contributed by atoms with Crippen molar-refractivity contribution >= 4 is 40.6 Å². The molecule has 0 spiro atoms. The smallest absolute Gasteiger partial charge is 0.275 e. The lowest BCUT2D eigenvalue weighted by Gasteiger charge is -2.11. The van der Waals surface area contributed by atoms with Gasteiger partial charge in [0.1, 0.15) is 11.5 Å². The van der Waals surface area contributed by atoms with Crippen molar-refractivity contribution in [2.75, 3.05) is 23.8 Å². The molecular weight excluding hydrogens is 351 g/mol. The topological polar surface area (TPSA) is 76.1 Å². The van der Waals surface area contributed by atoms with E-state index in [1.54, 1.807) is 18.2 Å². The second-order valence-corrected chi connectivity index (χ2v) is 6.29. The van der Waals surface area contributed by atoms with Gasteiger partial charge in [0.15, 0.2) is 0 Å². The molecule has 1 saturated heterocycles. The van der Waals surface area contributed by atoms with Crippen LogP contribution in [0.5, 0.6) is 0 Å². The lowest BCUT2D eigenvalue weighted by molar-refractivity contribution is 0.102. The molecule has 24 heavy (non-hydrogen) atoms. The van der Waals surface area contributed by atoms with Crippen LogP contribution >= 0.6 is 23.2 Å². The zero-order valence-corrected chi connectivity index (χ0v) is 14.3. The van der Waals surface area contributed by atoms with Crippen LogP contribution in [0.4, 0.5) is 11.5 Å². The van der Waals surface area contributed by atoms with Crippen LogP contribution in [-0.2, 0) is 4.74 Å². The number of anilines is 2. The molecule has 1 fully saturated rings. The molecule has 0 radical (unpaired) electrons. The second-order valence-electron chi connectivity index (χ2n) is 5.42. The van der Waals surface area contributed by atoms with Crippen molar-refractivity contribution in [3.05, 3.63) is 46.3 Å². The molecular formula is C16H16Cl2N4O2. The Balaban J connectivity index is 1.58. The summed E-state index contributed by atoms with van der Waals surface area (Å²) in [7, 11) is 0. The molecule has 1 aromatic carbocycles. The van der Waals surface area contributed by atoms with E-state index in [1.165, 1.54) is 12.4 Å². The second kappa shape index (κ2) is 7.79. The van der Waals surface area contributed by atoms with Crippen molar-refractivity contribution < 1.29 is 9.53 Å². The summed E-state index contributed by atoms with van der Waals surface area (Å²) in [5.41, 5.74) is 0.702. The summed E-state index contributed by atoms with van der Waals surface area (Å²) in [5, 5.41) is 6.72. The van der Waals surface area contributed by atoms with Gasteiger partial charge in [0.2, 0.25) is 0 Å². The number of carbonyl (C=O) groups is 1. The number of rotatable bonds is 5. The van der Waals surface area contributed by atoms with Crippen LogP contribution in [0.1, 0.15) is 23.3 Å². The first-order valence-electron chi connectivity index (χ1n) is 7.55. The number of aromatic nitrogens is 2. The minimum absolute atomic E-state index is 0.203. The van der Waals surface area contributed by atoms with Crippen molar-refractivity contribution in [2.24, 2.45) is 0 Å². The summed E-state index contributed by atoms with van der Waals surface area (Å²) in [6.45, 7) is 1.49. The Hall–Kier alpha value is -1.89. The summed E-state index contributed by atoms with van der Waals surface area (Å²) >= 11 is 11.8. The van der Waals surface area contributed by atoms with Gasteiger partial charge in [0.05, 0.1) is 18.5 Å². The van der Waals surface area contributed by atoms with E-state index in [4.69, 9.17) is 27.9 Å². The van der Waals surface area contributed by atoms with Crippen molar-refractivity contribution in [3.63, 3.8) is 0 Å². The molecule has 2 N–H and O–H groups in total. The predicted molar refractivity (Wildman–Crippen MR) is 93.9 cm³/mol. The fourth-order valence-corrected chi connectivity index (χ4v) is 2.91. The van der Waals surface area contributed by atoms with E-state index >= 15 is 0 Å². The van der Waals surface area contributed by atoms with Crippen LogP contribution in [-0.4, -0.2) is 35.1 Å². The zero-order chi connectivity index (χ0) is 16.9. The monoisotopic (exact) mass is 366 g/mol. The van der Waals surface area contributed by atoms with Gasteiger partial charge in [-0.2, -0.15) is 0 Å². The normalized spacial score (nSPS) is 16.8. The van der Waals surface area contributed by atoms with Gasteiger partial charge in [-0.15, -0.1) is 0 Å². The van der Waals surface area contributed by atoms with E-state index in [-0.39, 0.29) is 17.7 Å². The third-order valence-electron chi connectivity index (χ3n) is 3.54. The van der Waals surface area contributed by atoms with Crippen molar-refractivity contribution in [3.8, 4) is 0 Å². The Bertz CT molecular complexity index is 698. The molecule has 1 aromatic heterocycles. The summed E-state index contributed by atoms with van der Waals surface area (Å²) in [4.78, 5) is 20.5. The van der Waals surface area contributed by atoms with Crippen LogP contribution in [0.25, 0.3) is 0 Å². The molecule has 8 heteroatoms. The predicted octanol–water partition coefficient (Wildman–Crippen LogP) is 3.63.